The van der Waals surface area contributed by atoms with Crippen LogP contribution < -0.4 is 11.1 Å². The first-order valence-corrected chi connectivity index (χ1v) is 13.4. The third-order valence-electron chi connectivity index (χ3n) is 6.79. The zero-order chi connectivity index (χ0) is 27.8. The minimum Gasteiger partial charge on any atom is -0.364 e. The highest BCUT2D eigenvalue weighted by Gasteiger charge is 2.40. The van der Waals surface area contributed by atoms with E-state index in [1.807, 2.05) is 4.57 Å². The number of nitrogens with one attached hydrogen (secondary N) is 1. The lowest BCUT2D eigenvalue weighted by molar-refractivity contribution is -0.138. The molecule has 2 aliphatic rings. The molecule has 1 saturated heterocycles. The number of benzene rings is 1. The SMILES string of the molecule is NC(=O)c1nn(CC(=O)N2CC(F)CC2C(=O)NC2=NC(n3ccnc3)CS2)c2ccc(-c3ccnnc3)cc12. The van der Waals surface area contributed by atoms with E-state index in [1.165, 1.54) is 21.3 Å². The van der Waals surface area contributed by atoms with Crippen molar-refractivity contribution >= 4 is 45.6 Å². The molecular weight excluding hydrogens is 539 g/mol. The number of fused-ring (bicyclic) bond motifs is 1. The summed E-state index contributed by atoms with van der Waals surface area (Å²) in [6.45, 7) is -0.538. The fraction of sp³-hybridized carbons (Fsp3) is 0.280. The van der Waals surface area contributed by atoms with Gasteiger partial charge in [0.25, 0.3) is 5.91 Å². The molecule has 13 nitrogen and oxygen atoms in total. The number of amidine groups is 1. The van der Waals surface area contributed by atoms with Gasteiger partial charge in [-0.3, -0.25) is 19.1 Å². The Kier molecular flexibility index (Phi) is 6.71. The molecule has 6 rings (SSSR count). The van der Waals surface area contributed by atoms with Crippen LogP contribution in [0.2, 0.25) is 0 Å². The molecule has 0 aliphatic carbocycles. The summed E-state index contributed by atoms with van der Waals surface area (Å²) in [5, 5.41) is 15.5. The summed E-state index contributed by atoms with van der Waals surface area (Å²) >= 11 is 1.36. The molecule has 3 amide bonds. The lowest BCUT2D eigenvalue weighted by Gasteiger charge is -2.23. The number of rotatable bonds is 6. The standard InChI is InChI=1S/C25H23FN10O3S/c26-16-8-19(24(39)32-25-31-20(12-40-25)34-6-5-28-13-34)35(10-16)21(37)11-36-18-2-1-14(15-3-4-29-30-9-15)7-17(18)22(33-36)23(27)38/h1-7,9,13,16,19-20H,8,10-12H2,(H2,27,38)(H,31,32,39). The van der Waals surface area contributed by atoms with Crippen molar-refractivity contribution in [3.8, 4) is 11.1 Å². The van der Waals surface area contributed by atoms with Crippen molar-refractivity contribution in [3.63, 3.8) is 0 Å². The average Bonchev–Trinajstić information content (AvgIpc) is 3.75. The smallest absolute Gasteiger partial charge is 0.269 e. The highest BCUT2D eigenvalue weighted by molar-refractivity contribution is 8.14. The normalized spacial score (nSPS) is 20.6. The topological polar surface area (TPSA) is 166 Å². The third-order valence-corrected chi connectivity index (χ3v) is 7.74. The van der Waals surface area contributed by atoms with Crippen molar-refractivity contribution in [2.45, 2.75) is 31.3 Å². The first kappa shape index (κ1) is 25.6. The predicted octanol–water partition coefficient (Wildman–Crippen LogP) is 1.15. The number of aliphatic imine (C=N–C) groups is 1. The van der Waals surface area contributed by atoms with Gasteiger partial charge in [-0.15, -0.1) is 0 Å². The fourth-order valence-electron chi connectivity index (χ4n) is 4.87. The summed E-state index contributed by atoms with van der Waals surface area (Å²) in [6, 6.07) is 6.01. The van der Waals surface area contributed by atoms with Crippen LogP contribution in [-0.2, 0) is 16.1 Å². The van der Waals surface area contributed by atoms with Crippen LogP contribution in [0.25, 0.3) is 22.0 Å². The van der Waals surface area contributed by atoms with E-state index in [1.54, 1.807) is 55.4 Å². The number of thioether (sulfide) groups is 1. The number of hydrogen-bond acceptors (Lipinski definition) is 9. The number of primary amides is 1. The van der Waals surface area contributed by atoms with Crippen LogP contribution in [0.4, 0.5) is 4.39 Å². The van der Waals surface area contributed by atoms with Gasteiger partial charge < -0.3 is 20.5 Å². The molecule has 2 aliphatic heterocycles. The maximum atomic E-state index is 14.5. The second kappa shape index (κ2) is 10.5. The molecule has 0 radical (unpaired) electrons. The number of carbonyl (C=O) groups excluding carboxylic acids is 3. The second-order valence-electron chi connectivity index (χ2n) is 9.35. The molecule has 3 unspecified atom stereocenters. The summed E-state index contributed by atoms with van der Waals surface area (Å²) in [5.41, 5.74) is 7.60. The summed E-state index contributed by atoms with van der Waals surface area (Å²) in [5.74, 6) is -1.17. The highest BCUT2D eigenvalue weighted by atomic mass is 32.2. The maximum absolute atomic E-state index is 14.5. The number of likely N-dealkylation sites (tertiary alicyclic amines) is 1. The zero-order valence-electron chi connectivity index (χ0n) is 20.9. The lowest BCUT2D eigenvalue weighted by atomic mass is 10.0. The minimum atomic E-state index is -1.36. The fourth-order valence-corrected chi connectivity index (χ4v) is 5.79. The summed E-state index contributed by atoms with van der Waals surface area (Å²) in [7, 11) is 0. The van der Waals surface area contributed by atoms with Crippen molar-refractivity contribution < 1.29 is 18.8 Å². The number of hydrogen-bond donors (Lipinski definition) is 2. The molecule has 3 atom stereocenters. The molecule has 0 bridgehead atoms. The molecule has 40 heavy (non-hydrogen) atoms. The van der Waals surface area contributed by atoms with Crippen molar-refractivity contribution in [1.29, 1.82) is 0 Å². The summed E-state index contributed by atoms with van der Waals surface area (Å²) < 4.78 is 17.7. The van der Waals surface area contributed by atoms with Crippen LogP contribution in [-0.4, -0.2) is 81.8 Å². The van der Waals surface area contributed by atoms with Gasteiger partial charge in [0.15, 0.2) is 10.9 Å². The Morgan fingerprint density at radius 3 is 2.77 bits per heavy atom. The Balaban J connectivity index is 1.21. The molecule has 0 saturated carbocycles. The van der Waals surface area contributed by atoms with E-state index in [9.17, 15) is 18.8 Å². The molecule has 1 aromatic carbocycles. The number of halogens is 1. The zero-order valence-corrected chi connectivity index (χ0v) is 21.7. The Hall–Kier alpha value is -4.66. The van der Waals surface area contributed by atoms with Gasteiger partial charge in [0, 0.05) is 35.5 Å². The molecule has 4 aromatic rings. The first-order chi connectivity index (χ1) is 19.4. The van der Waals surface area contributed by atoms with E-state index in [-0.39, 0.29) is 31.4 Å². The molecule has 15 heteroatoms. The third kappa shape index (κ3) is 4.90. The van der Waals surface area contributed by atoms with Crippen LogP contribution in [0.1, 0.15) is 23.1 Å². The summed E-state index contributed by atoms with van der Waals surface area (Å²) in [4.78, 5) is 48.4. The van der Waals surface area contributed by atoms with E-state index in [0.717, 1.165) is 11.1 Å². The van der Waals surface area contributed by atoms with Gasteiger partial charge in [0.05, 0.1) is 30.8 Å². The number of carbonyl (C=O) groups is 3. The quantitative estimate of drug-likeness (QED) is 0.353. The molecule has 3 aromatic heterocycles. The van der Waals surface area contributed by atoms with E-state index >= 15 is 0 Å². The molecular formula is C25H23FN10O3S. The van der Waals surface area contributed by atoms with Gasteiger partial charge in [0.2, 0.25) is 11.8 Å². The number of nitrogens with two attached hydrogens (primary N) is 1. The second-order valence-corrected chi connectivity index (χ2v) is 10.4. The van der Waals surface area contributed by atoms with E-state index < -0.39 is 29.9 Å². The van der Waals surface area contributed by atoms with Gasteiger partial charge in [-0.05, 0) is 23.8 Å². The first-order valence-electron chi connectivity index (χ1n) is 12.4. The van der Waals surface area contributed by atoms with Crippen LogP contribution >= 0.6 is 11.8 Å². The predicted molar refractivity (Wildman–Crippen MR) is 144 cm³/mol. The van der Waals surface area contributed by atoms with E-state index in [0.29, 0.717) is 21.8 Å². The van der Waals surface area contributed by atoms with E-state index in [2.05, 4.69) is 30.6 Å². The van der Waals surface area contributed by atoms with Gasteiger partial charge in [-0.2, -0.15) is 15.3 Å². The van der Waals surface area contributed by atoms with E-state index in [4.69, 9.17) is 5.73 Å². The number of nitrogens with zero attached hydrogens (tertiary/aromatic N) is 8. The Bertz CT molecular complexity index is 1620. The van der Waals surface area contributed by atoms with Crippen LogP contribution in [0, 0.1) is 0 Å². The monoisotopic (exact) mass is 562 g/mol. The Labute approximate surface area is 230 Å². The maximum Gasteiger partial charge on any atom is 0.269 e. The molecule has 204 valence electrons. The van der Waals surface area contributed by atoms with Gasteiger partial charge in [0.1, 0.15) is 24.9 Å². The van der Waals surface area contributed by atoms with Crippen molar-refractivity contribution in [2.75, 3.05) is 12.3 Å². The van der Waals surface area contributed by atoms with Crippen LogP contribution in [0.15, 0.2) is 60.4 Å². The molecule has 3 N–H and O–H groups in total. The van der Waals surface area contributed by atoms with Crippen LogP contribution in [0.5, 0.6) is 0 Å². The van der Waals surface area contributed by atoms with Crippen molar-refractivity contribution in [2.24, 2.45) is 10.7 Å². The number of amides is 3. The largest absolute Gasteiger partial charge is 0.364 e. The van der Waals surface area contributed by atoms with Gasteiger partial charge >= 0.3 is 0 Å². The van der Waals surface area contributed by atoms with Crippen molar-refractivity contribution in [1.82, 2.24) is 39.7 Å². The molecule has 5 heterocycles. The van der Waals surface area contributed by atoms with Gasteiger partial charge in [-0.1, -0.05) is 17.8 Å². The number of aromatic nitrogens is 6. The highest BCUT2D eigenvalue weighted by Crippen LogP contribution is 2.28. The summed E-state index contributed by atoms with van der Waals surface area (Å²) in [6.07, 6.45) is 6.51. The van der Waals surface area contributed by atoms with Crippen LogP contribution in [0.3, 0.4) is 0 Å². The number of imidazole rings is 1. The Morgan fingerprint density at radius 1 is 1.15 bits per heavy atom. The lowest BCUT2D eigenvalue weighted by Crippen LogP contribution is -2.47. The molecule has 0 spiro atoms. The van der Waals surface area contributed by atoms with Gasteiger partial charge in [-0.25, -0.2) is 14.4 Å². The van der Waals surface area contributed by atoms with Crippen molar-refractivity contribution in [3.05, 3.63) is 61.1 Å². The molecule has 1 fully saturated rings. The number of alkyl halides is 1. The Morgan fingerprint density at radius 2 is 2.02 bits per heavy atom. The average molecular weight is 563 g/mol. The minimum absolute atomic E-state index is 0.00513.